The molecule has 0 unspecified atom stereocenters. The average molecular weight is 237 g/mol. The lowest BCUT2D eigenvalue weighted by Crippen LogP contribution is -2.26. The maximum atomic E-state index is 9.93. The normalized spacial score (nSPS) is 12.6. The first-order valence-corrected chi connectivity index (χ1v) is 6.31. The highest BCUT2D eigenvalue weighted by Gasteiger charge is 2.10. The molecule has 0 radical (unpaired) electrons. The van der Waals surface area contributed by atoms with Crippen LogP contribution in [0.15, 0.2) is 42.8 Å². The Morgan fingerprint density at radius 2 is 2.06 bits per heavy atom. The summed E-state index contributed by atoms with van der Waals surface area (Å²) in [5.74, 6) is 0. The maximum absolute atomic E-state index is 9.93. The Balaban J connectivity index is 2.36. The summed E-state index contributed by atoms with van der Waals surface area (Å²) < 4.78 is 0. The van der Waals surface area contributed by atoms with Crippen LogP contribution in [0.25, 0.3) is 0 Å². The molecule has 88 valence electrons. The second-order valence-electron chi connectivity index (χ2n) is 3.66. The Bertz CT molecular complexity index is 298. The van der Waals surface area contributed by atoms with Gasteiger partial charge in [0, 0.05) is 24.5 Å². The highest BCUT2D eigenvalue weighted by atomic mass is 32.1. The number of nitrogens with zero attached hydrogens (tertiary/aromatic N) is 1. The Labute approximate surface area is 102 Å². The van der Waals surface area contributed by atoms with E-state index in [9.17, 15) is 5.11 Å². The molecule has 1 atom stereocenters. The third kappa shape index (κ3) is 4.31. The van der Waals surface area contributed by atoms with Gasteiger partial charge in [-0.1, -0.05) is 18.2 Å². The topological polar surface area (TPSA) is 23.5 Å². The summed E-state index contributed by atoms with van der Waals surface area (Å²) >= 11 is 1.60. The molecule has 0 amide bonds. The van der Waals surface area contributed by atoms with E-state index in [1.165, 1.54) is 0 Å². The summed E-state index contributed by atoms with van der Waals surface area (Å²) in [4.78, 5) is 3.24. The monoisotopic (exact) mass is 237 g/mol. The minimum atomic E-state index is -0.350. The van der Waals surface area contributed by atoms with Crippen molar-refractivity contribution in [3.8, 4) is 0 Å². The van der Waals surface area contributed by atoms with Gasteiger partial charge >= 0.3 is 0 Å². The summed E-state index contributed by atoms with van der Waals surface area (Å²) in [7, 11) is 0. The van der Waals surface area contributed by atoms with Crippen molar-refractivity contribution in [2.45, 2.75) is 12.5 Å². The quantitative estimate of drug-likeness (QED) is 0.703. The van der Waals surface area contributed by atoms with Gasteiger partial charge in [0.15, 0.2) is 0 Å². The molecule has 1 heterocycles. The summed E-state index contributed by atoms with van der Waals surface area (Å²) in [5.41, 5.74) is 0. The van der Waals surface area contributed by atoms with Crippen LogP contribution >= 0.6 is 11.3 Å². The van der Waals surface area contributed by atoms with E-state index in [4.69, 9.17) is 0 Å². The van der Waals surface area contributed by atoms with Crippen molar-refractivity contribution >= 4 is 11.3 Å². The van der Waals surface area contributed by atoms with Gasteiger partial charge in [-0.25, -0.2) is 0 Å². The largest absolute Gasteiger partial charge is 0.388 e. The number of thiophene rings is 1. The van der Waals surface area contributed by atoms with Crippen LogP contribution < -0.4 is 0 Å². The molecule has 0 aliphatic carbocycles. The number of hydrogen-bond acceptors (Lipinski definition) is 3. The molecule has 0 fully saturated rings. The maximum Gasteiger partial charge on any atom is 0.0894 e. The van der Waals surface area contributed by atoms with E-state index < -0.39 is 0 Å². The van der Waals surface area contributed by atoms with Crippen molar-refractivity contribution in [2.24, 2.45) is 0 Å². The van der Waals surface area contributed by atoms with Crippen molar-refractivity contribution in [2.75, 3.05) is 19.6 Å². The van der Waals surface area contributed by atoms with Crippen LogP contribution in [-0.2, 0) is 0 Å². The van der Waals surface area contributed by atoms with E-state index in [2.05, 4.69) is 18.1 Å². The molecule has 1 N–H and O–H groups in total. The van der Waals surface area contributed by atoms with E-state index >= 15 is 0 Å². The van der Waals surface area contributed by atoms with E-state index in [1.54, 1.807) is 11.3 Å². The van der Waals surface area contributed by atoms with Crippen LogP contribution in [0, 0.1) is 0 Å². The van der Waals surface area contributed by atoms with Crippen LogP contribution in [0.3, 0.4) is 0 Å². The third-order valence-electron chi connectivity index (χ3n) is 2.36. The summed E-state index contributed by atoms with van der Waals surface area (Å²) in [6.07, 6.45) is 4.15. The SMILES string of the molecule is C=CCN(CC=C)CC[C@H](O)c1cccs1. The van der Waals surface area contributed by atoms with E-state index in [1.807, 2.05) is 29.7 Å². The first-order valence-electron chi connectivity index (χ1n) is 5.43. The predicted molar refractivity (Wildman–Crippen MR) is 70.7 cm³/mol. The highest BCUT2D eigenvalue weighted by molar-refractivity contribution is 7.10. The molecule has 1 aromatic rings. The summed E-state index contributed by atoms with van der Waals surface area (Å²) in [6, 6.07) is 3.94. The van der Waals surface area contributed by atoms with E-state index in [0.717, 1.165) is 30.9 Å². The molecule has 0 bridgehead atoms. The zero-order valence-corrected chi connectivity index (χ0v) is 10.3. The first kappa shape index (κ1) is 13.2. The minimum absolute atomic E-state index is 0.350. The zero-order valence-electron chi connectivity index (χ0n) is 9.51. The van der Waals surface area contributed by atoms with Gasteiger partial charge < -0.3 is 5.11 Å². The van der Waals surface area contributed by atoms with Crippen LogP contribution in [0.4, 0.5) is 0 Å². The Morgan fingerprint density at radius 1 is 1.38 bits per heavy atom. The van der Waals surface area contributed by atoms with Crippen LogP contribution in [-0.4, -0.2) is 29.6 Å². The zero-order chi connectivity index (χ0) is 11.8. The third-order valence-corrected chi connectivity index (χ3v) is 3.34. The first-order chi connectivity index (χ1) is 7.77. The fourth-order valence-electron chi connectivity index (χ4n) is 1.55. The molecular weight excluding hydrogens is 218 g/mol. The van der Waals surface area contributed by atoms with Crippen molar-refractivity contribution in [3.63, 3.8) is 0 Å². The van der Waals surface area contributed by atoms with Crippen molar-refractivity contribution < 1.29 is 5.11 Å². The van der Waals surface area contributed by atoms with Gasteiger partial charge in [-0.05, 0) is 17.9 Å². The smallest absolute Gasteiger partial charge is 0.0894 e. The van der Waals surface area contributed by atoms with Crippen LogP contribution in [0.5, 0.6) is 0 Å². The van der Waals surface area contributed by atoms with Gasteiger partial charge in [0.1, 0.15) is 0 Å². The lowest BCUT2D eigenvalue weighted by molar-refractivity contribution is 0.152. The van der Waals surface area contributed by atoms with Crippen molar-refractivity contribution in [3.05, 3.63) is 47.7 Å². The standard InChI is InChI=1S/C13H19NOS/c1-3-8-14(9-4-2)10-7-12(15)13-6-5-11-16-13/h3-6,11-12,15H,1-2,7-10H2/t12-/m0/s1. The lowest BCUT2D eigenvalue weighted by atomic mass is 10.2. The van der Waals surface area contributed by atoms with Gasteiger partial charge in [0.2, 0.25) is 0 Å². The summed E-state index contributed by atoms with van der Waals surface area (Å²) in [5, 5.41) is 11.9. The molecule has 16 heavy (non-hydrogen) atoms. The second-order valence-corrected chi connectivity index (χ2v) is 4.64. The van der Waals surface area contributed by atoms with Gasteiger partial charge in [0.05, 0.1) is 6.10 Å². The number of aliphatic hydroxyl groups excluding tert-OH is 1. The highest BCUT2D eigenvalue weighted by Crippen LogP contribution is 2.21. The Kier molecular flexibility index (Phi) is 6.08. The van der Waals surface area contributed by atoms with Crippen LogP contribution in [0.2, 0.25) is 0 Å². The molecule has 1 rings (SSSR count). The van der Waals surface area contributed by atoms with Gasteiger partial charge in [-0.15, -0.1) is 24.5 Å². The predicted octanol–water partition coefficient (Wildman–Crippen LogP) is 2.85. The molecule has 3 heteroatoms. The average Bonchev–Trinajstić information content (AvgIpc) is 2.79. The van der Waals surface area contributed by atoms with Crippen molar-refractivity contribution in [1.82, 2.24) is 4.90 Å². The van der Waals surface area contributed by atoms with Gasteiger partial charge in [-0.2, -0.15) is 0 Å². The molecular formula is C13H19NOS. The molecule has 0 saturated heterocycles. The molecule has 0 spiro atoms. The van der Waals surface area contributed by atoms with Gasteiger partial charge in [0.25, 0.3) is 0 Å². The second kappa shape index (κ2) is 7.39. The van der Waals surface area contributed by atoms with Crippen molar-refractivity contribution in [1.29, 1.82) is 0 Å². The number of rotatable bonds is 8. The molecule has 0 saturated carbocycles. The molecule has 0 aliphatic rings. The fraction of sp³-hybridized carbons (Fsp3) is 0.385. The van der Waals surface area contributed by atoms with Gasteiger partial charge in [-0.3, -0.25) is 4.90 Å². The molecule has 0 aliphatic heterocycles. The van der Waals surface area contributed by atoms with E-state index in [0.29, 0.717) is 0 Å². The minimum Gasteiger partial charge on any atom is -0.388 e. The summed E-state index contributed by atoms with van der Waals surface area (Å²) in [6.45, 7) is 9.98. The fourth-order valence-corrected chi connectivity index (χ4v) is 2.30. The molecule has 2 nitrogen and oxygen atoms in total. The number of hydrogen-bond donors (Lipinski definition) is 1. The Hall–Kier alpha value is -0.900. The molecule has 1 aromatic heterocycles. The van der Waals surface area contributed by atoms with E-state index in [-0.39, 0.29) is 6.10 Å². The van der Waals surface area contributed by atoms with Crippen LogP contribution in [0.1, 0.15) is 17.4 Å². The Morgan fingerprint density at radius 3 is 2.56 bits per heavy atom. The molecule has 0 aromatic carbocycles. The lowest BCUT2D eigenvalue weighted by Gasteiger charge is -2.20. The number of aliphatic hydroxyl groups is 1.